The lowest BCUT2D eigenvalue weighted by atomic mass is 10.2. The minimum atomic E-state index is -0.513. The summed E-state index contributed by atoms with van der Waals surface area (Å²) >= 11 is 6.09. The number of ether oxygens (including phenoxy) is 2. The second-order valence-corrected chi connectivity index (χ2v) is 4.97. The Hall–Kier alpha value is -2.59. The van der Waals surface area contributed by atoms with Gasteiger partial charge < -0.3 is 9.47 Å². The molecule has 0 bridgehead atoms. The van der Waals surface area contributed by atoms with Crippen molar-refractivity contribution >= 4 is 29.5 Å². The first kappa shape index (κ1) is 14.4. The van der Waals surface area contributed by atoms with Crippen LogP contribution in [0.5, 0.6) is 5.75 Å². The monoisotopic (exact) mass is 313 g/mol. The third-order valence-corrected chi connectivity index (χ3v) is 3.50. The molecular weight excluding hydrogens is 302 g/mol. The van der Waals surface area contributed by atoms with Crippen LogP contribution in [0.3, 0.4) is 0 Å². The van der Waals surface area contributed by atoms with Crippen LogP contribution in [-0.2, 0) is 9.53 Å². The van der Waals surface area contributed by atoms with Crippen molar-refractivity contribution in [1.82, 2.24) is 0 Å². The molecule has 1 aliphatic rings. The predicted molar refractivity (Wildman–Crippen MR) is 85.1 cm³/mol. The van der Waals surface area contributed by atoms with Crippen LogP contribution in [0.25, 0.3) is 6.08 Å². The Morgan fingerprint density at radius 1 is 1.14 bits per heavy atom. The minimum Gasteiger partial charge on any atom is -0.496 e. The first-order valence-electron chi connectivity index (χ1n) is 6.59. The van der Waals surface area contributed by atoms with Crippen LogP contribution in [0, 0.1) is 0 Å². The smallest absolute Gasteiger partial charge is 0.363 e. The van der Waals surface area contributed by atoms with Gasteiger partial charge in [0.05, 0.1) is 12.7 Å². The zero-order valence-corrected chi connectivity index (χ0v) is 12.5. The molecule has 0 unspecified atom stereocenters. The number of aliphatic imine (C=N–C) groups is 1. The number of esters is 1. The predicted octanol–water partition coefficient (Wildman–Crippen LogP) is 3.69. The van der Waals surface area contributed by atoms with Gasteiger partial charge in [-0.2, -0.15) is 0 Å². The van der Waals surface area contributed by atoms with Crippen LogP contribution in [-0.4, -0.2) is 19.0 Å². The number of benzene rings is 2. The maximum absolute atomic E-state index is 12.0. The SMILES string of the molecule is COc1ccccc1C1=N/C(=C\c2ccccc2Cl)C(=O)O1. The van der Waals surface area contributed by atoms with Crippen LogP contribution in [0.1, 0.15) is 11.1 Å². The molecule has 0 spiro atoms. The Balaban J connectivity index is 2.00. The van der Waals surface area contributed by atoms with Crippen LogP contribution < -0.4 is 4.74 Å². The number of carbonyl (C=O) groups is 1. The van der Waals surface area contributed by atoms with E-state index in [4.69, 9.17) is 21.1 Å². The molecule has 0 fully saturated rings. The van der Waals surface area contributed by atoms with E-state index in [1.165, 1.54) is 0 Å². The fraction of sp³-hybridized carbons (Fsp3) is 0.0588. The van der Waals surface area contributed by atoms with Crippen molar-refractivity contribution in [3.05, 3.63) is 70.4 Å². The standard InChI is InChI=1S/C17H12ClNO3/c1-21-15-9-5-3-7-12(15)16-19-14(17(20)22-16)10-11-6-2-4-8-13(11)18/h2-10H,1H3/b14-10-. The van der Waals surface area contributed by atoms with Gasteiger partial charge in [-0.05, 0) is 29.8 Å². The lowest BCUT2D eigenvalue weighted by molar-refractivity contribution is -0.129. The van der Waals surface area contributed by atoms with Gasteiger partial charge in [-0.3, -0.25) is 0 Å². The van der Waals surface area contributed by atoms with Gasteiger partial charge in [-0.15, -0.1) is 0 Å². The van der Waals surface area contributed by atoms with E-state index in [1.807, 2.05) is 24.3 Å². The molecule has 0 saturated carbocycles. The highest BCUT2D eigenvalue weighted by Gasteiger charge is 2.26. The number of cyclic esters (lactones) is 1. The number of halogens is 1. The van der Waals surface area contributed by atoms with Crippen LogP contribution in [0.4, 0.5) is 0 Å². The summed E-state index contributed by atoms with van der Waals surface area (Å²) in [4.78, 5) is 16.2. The molecule has 2 aromatic carbocycles. The molecule has 3 rings (SSSR count). The summed E-state index contributed by atoms with van der Waals surface area (Å²) in [6.45, 7) is 0. The second-order valence-electron chi connectivity index (χ2n) is 4.56. The molecule has 22 heavy (non-hydrogen) atoms. The van der Waals surface area contributed by atoms with E-state index in [2.05, 4.69) is 4.99 Å². The van der Waals surface area contributed by atoms with Crippen molar-refractivity contribution in [2.45, 2.75) is 0 Å². The Bertz CT molecular complexity index is 796. The van der Waals surface area contributed by atoms with E-state index >= 15 is 0 Å². The molecule has 5 heteroatoms. The maximum Gasteiger partial charge on any atom is 0.363 e. The van der Waals surface area contributed by atoms with Crippen molar-refractivity contribution in [3.8, 4) is 5.75 Å². The molecule has 0 amide bonds. The fourth-order valence-electron chi connectivity index (χ4n) is 2.09. The first-order valence-corrected chi connectivity index (χ1v) is 6.97. The number of carbonyl (C=O) groups excluding carboxylic acids is 1. The molecular formula is C17H12ClNO3. The van der Waals surface area contributed by atoms with Crippen molar-refractivity contribution in [2.24, 2.45) is 4.99 Å². The topological polar surface area (TPSA) is 47.9 Å². The molecule has 4 nitrogen and oxygen atoms in total. The Kier molecular flexibility index (Phi) is 3.94. The van der Waals surface area contributed by atoms with E-state index in [-0.39, 0.29) is 11.6 Å². The third kappa shape index (κ3) is 2.73. The minimum absolute atomic E-state index is 0.203. The maximum atomic E-state index is 12.0. The van der Waals surface area contributed by atoms with Gasteiger partial charge in [0.25, 0.3) is 0 Å². The Morgan fingerprint density at radius 2 is 1.86 bits per heavy atom. The number of nitrogens with zero attached hydrogens (tertiary/aromatic N) is 1. The van der Waals surface area contributed by atoms with Gasteiger partial charge in [-0.25, -0.2) is 9.79 Å². The third-order valence-electron chi connectivity index (χ3n) is 3.16. The molecule has 2 aromatic rings. The molecule has 0 saturated heterocycles. The summed E-state index contributed by atoms with van der Waals surface area (Å²) in [5.74, 6) is 0.301. The van der Waals surface area contributed by atoms with Gasteiger partial charge in [0, 0.05) is 5.02 Å². The van der Waals surface area contributed by atoms with Crippen molar-refractivity contribution in [1.29, 1.82) is 0 Å². The van der Waals surface area contributed by atoms with E-state index in [9.17, 15) is 4.79 Å². The average Bonchev–Trinajstić information content (AvgIpc) is 2.90. The van der Waals surface area contributed by atoms with Crippen molar-refractivity contribution < 1.29 is 14.3 Å². The Morgan fingerprint density at radius 3 is 2.64 bits per heavy atom. The highest BCUT2D eigenvalue weighted by atomic mass is 35.5. The second kappa shape index (κ2) is 6.03. The summed E-state index contributed by atoms with van der Waals surface area (Å²) in [6.07, 6.45) is 1.60. The van der Waals surface area contributed by atoms with Gasteiger partial charge in [0.2, 0.25) is 5.90 Å². The Labute approximate surface area is 132 Å². The van der Waals surface area contributed by atoms with Crippen molar-refractivity contribution in [2.75, 3.05) is 7.11 Å². The van der Waals surface area contributed by atoms with Gasteiger partial charge in [-0.1, -0.05) is 41.9 Å². The highest BCUT2D eigenvalue weighted by molar-refractivity contribution is 6.32. The summed E-state index contributed by atoms with van der Waals surface area (Å²) in [7, 11) is 1.55. The van der Waals surface area contributed by atoms with Gasteiger partial charge >= 0.3 is 5.97 Å². The highest BCUT2D eigenvalue weighted by Crippen LogP contribution is 2.26. The molecule has 0 aromatic heterocycles. The summed E-state index contributed by atoms with van der Waals surface area (Å²) in [5.41, 5.74) is 1.54. The summed E-state index contributed by atoms with van der Waals surface area (Å²) in [6, 6.07) is 14.4. The number of hydrogen-bond acceptors (Lipinski definition) is 4. The zero-order valence-electron chi connectivity index (χ0n) is 11.7. The largest absolute Gasteiger partial charge is 0.496 e. The summed E-state index contributed by atoms with van der Waals surface area (Å²) < 4.78 is 10.5. The number of hydrogen-bond donors (Lipinski definition) is 0. The van der Waals surface area contributed by atoms with Crippen LogP contribution in [0.2, 0.25) is 5.02 Å². The fourth-order valence-corrected chi connectivity index (χ4v) is 2.28. The molecule has 0 radical (unpaired) electrons. The van der Waals surface area contributed by atoms with Crippen LogP contribution in [0.15, 0.2) is 59.2 Å². The van der Waals surface area contributed by atoms with E-state index in [1.54, 1.807) is 37.5 Å². The lowest BCUT2D eigenvalue weighted by Gasteiger charge is -2.05. The van der Waals surface area contributed by atoms with Gasteiger partial charge in [0.15, 0.2) is 5.70 Å². The number of para-hydroxylation sites is 1. The van der Waals surface area contributed by atoms with E-state index in [0.717, 1.165) is 0 Å². The van der Waals surface area contributed by atoms with Gasteiger partial charge in [0.1, 0.15) is 5.75 Å². The lowest BCUT2D eigenvalue weighted by Crippen LogP contribution is -2.06. The number of methoxy groups -OCH3 is 1. The average molecular weight is 314 g/mol. The first-order chi connectivity index (χ1) is 10.7. The van der Waals surface area contributed by atoms with Crippen molar-refractivity contribution in [3.63, 3.8) is 0 Å². The van der Waals surface area contributed by atoms with Crippen LogP contribution >= 0.6 is 11.6 Å². The molecule has 0 aliphatic carbocycles. The molecule has 1 aliphatic heterocycles. The van der Waals surface area contributed by atoms with E-state index < -0.39 is 5.97 Å². The zero-order chi connectivity index (χ0) is 15.5. The quantitative estimate of drug-likeness (QED) is 0.641. The summed E-state index contributed by atoms with van der Waals surface area (Å²) in [5, 5.41) is 0.545. The normalized spacial score (nSPS) is 15.6. The number of rotatable bonds is 3. The molecule has 110 valence electrons. The van der Waals surface area contributed by atoms with E-state index in [0.29, 0.717) is 21.9 Å². The molecule has 0 atom stereocenters. The molecule has 1 heterocycles. The molecule has 0 N–H and O–H groups in total.